The van der Waals surface area contributed by atoms with E-state index >= 15 is 0 Å². The van der Waals surface area contributed by atoms with Gasteiger partial charge in [-0.3, -0.25) is 9.69 Å². The molecule has 4 aliphatic heterocycles. The van der Waals surface area contributed by atoms with Crippen molar-refractivity contribution < 1.29 is 14.3 Å². The molecule has 0 saturated carbocycles. The smallest absolute Gasteiger partial charge is 0.248 e. The van der Waals surface area contributed by atoms with E-state index in [0.29, 0.717) is 23.9 Å². The van der Waals surface area contributed by atoms with Gasteiger partial charge in [0.25, 0.3) is 0 Å². The van der Waals surface area contributed by atoms with Gasteiger partial charge in [-0.15, -0.1) is 0 Å². The van der Waals surface area contributed by atoms with Crippen LogP contribution in [0.25, 0.3) is 0 Å². The number of hydrogen-bond acceptors (Lipinski definition) is 4. The molecule has 0 N–H and O–H groups in total. The number of likely N-dealkylation sites (tertiary alicyclic amines) is 1. The van der Waals surface area contributed by atoms with Crippen LogP contribution in [-0.4, -0.2) is 67.2 Å². The summed E-state index contributed by atoms with van der Waals surface area (Å²) in [6, 6.07) is 9.02. The van der Waals surface area contributed by atoms with Crippen LogP contribution >= 0.6 is 0 Å². The van der Waals surface area contributed by atoms with Crippen molar-refractivity contribution in [3.63, 3.8) is 0 Å². The highest BCUT2D eigenvalue weighted by Gasteiger charge is 2.54. The summed E-state index contributed by atoms with van der Waals surface area (Å²) in [5, 5.41) is 0. The van der Waals surface area contributed by atoms with Crippen LogP contribution in [0.4, 0.5) is 0 Å². The molecule has 4 heterocycles. The number of para-hydroxylation sites is 1. The van der Waals surface area contributed by atoms with E-state index in [4.69, 9.17) is 9.47 Å². The lowest BCUT2D eigenvalue weighted by Gasteiger charge is -2.51. The molecule has 142 valence electrons. The van der Waals surface area contributed by atoms with Gasteiger partial charge in [-0.2, -0.15) is 0 Å². The zero-order valence-electron chi connectivity index (χ0n) is 16.1. The lowest BCUT2D eigenvalue weighted by atomic mass is 9.75. The van der Waals surface area contributed by atoms with Gasteiger partial charge in [0.1, 0.15) is 12.4 Å². The minimum atomic E-state index is 0.0777. The zero-order valence-corrected chi connectivity index (χ0v) is 16.1. The summed E-state index contributed by atoms with van der Waals surface area (Å²) >= 11 is 0. The molecular formula is C21H30N2O3. The summed E-state index contributed by atoms with van der Waals surface area (Å²) in [7, 11) is 1.73. The molecule has 4 aliphatic rings. The SMILES string of the molecule is COc1ccccc1[C@@H]1CN(C(=O)COC(C)C)[C@@H]2C3CCN(CC3)[C@@H]21. The molecule has 0 spiro atoms. The number of benzene rings is 1. The lowest BCUT2D eigenvalue weighted by Crippen LogP contribution is -2.61. The van der Waals surface area contributed by atoms with Gasteiger partial charge in [-0.05, 0) is 51.8 Å². The number of piperidine rings is 3. The van der Waals surface area contributed by atoms with Gasteiger partial charge in [0, 0.05) is 24.1 Å². The van der Waals surface area contributed by atoms with E-state index in [1.54, 1.807) is 7.11 Å². The Hall–Kier alpha value is -1.59. The standard InChI is InChI=1S/C21H30N2O3/c1-14(2)26-13-19(24)23-12-17(16-6-4-5-7-18(16)25-3)21-20(23)15-8-10-22(21)11-9-15/h4-7,14-15,17,20-21H,8-13H2,1-3H3/t17-,20+,21+/m0/s1. The highest BCUT2D eigenvalue weighted by Crippen LogP contribution is 2.48. The molecule has 3 atom stereocenters. The molecule has 0 radical (unpaired) electrons. The van der Waals surface area contributed by atoms with Crippen LogP contribution in [0.1, 0.15) is 38.2 Å². The number of hydrogen-bond donors (Lipinski definition) is 0. The van der Waals surface area contributed by atoms with Crippen molar-refractivity contribution in [3.8, 4) is 5.75 Å². The van der Waals surface area contributed by atoms with Crippen molar-refractivity contribution in [2.24, 2.45) is 5.92 Å². The van der Waals surface area contributed by atoms with Crippen LogP contribution in [-0.2, 0) is 9.53 Å². The van der Waals surface area contributed by atoms with Gasteiger partial charge in [0.15, 0.2) is 0 Å². The minimum Gasteiger partial charge on any atom is -0.496 e. The number of methoxy groups -OCH3 is 1. The Morgan fingerprint density at radius 2 is 1.92 bits per heavy atom. The van der Waals surface area contributed by atoms with Gasteiger partial charge in [0.05, 0.1) is 19.3 Å². The first-order valence-corrected chi connectivity index (χ1v) is 9.88. The summed E-state index contributed by atoms with van der Waals surface area (Å²) in [6.45, 7) is 7.22. The number of amides is 1. The molecule has 1 aromatic carbocycles. The molecule has 2 bridgehead atoms. The normalized spacial score (nSPS) is 32.8. The molecule has 26 heavy (non-hydrogen) atoms. The van der Waals surface area contributed by atoms with E-state index in [1.165, 1.54) is 18.4 Å². The number of rotatable bonds is 5. The quantitative estimate of drug-likeness (QED) is 0.811. The van der Waals surface area contributed by atoms with E-state index in [0.717, 1.165) is 25.4 Å². The number of carbonyl (C=O) groups excluding carboxylic acids is 1. The average Bonchev–Trinajstić information content (AvgIpc) is 3.09. The van der Waals surface area contributed by atoms with E-state index in [2.05, 4.69) is 21.9 Å². The first-order chi connectivity index (χ1) is 12.6. The highest BCUT2D eigenvalue weighted by molar-refractivity contribution is 5.78. The first kappa shape index (κ1) is 17.8. The topological polar surface area (TPSA) is 42.0 Å². The second-order valence-electron chi connectivity index (χ2n) is 8.11. The van der Waals surface area contributed by atoms with Crippen LogP contribution in [0, 0.1) is 5.92 Å². The van der Waals surface area contributed by atoms with Crippen LogP contribution < -0.4 is 4.74 Å². The van der Waals surface area contributed by atoms with E-state index in [9.17, 15) is 4.79 Å². The van der Waals surface area contributed by atoms with Crippen LogP contribution in [0.3, 0.4) is 0 Å². The molecule has 5 nitrogen and oxygen atoms in total. The molecule has 4 fully saturated rings. The Labute approximate surface area is 156 Å². The molecule has 5 rings (SSSR count). The van der Waals surface area contributed by atoms with Crippen molar-refractivity contribution in [1.82, 2.24) is 9.80 Å². The summed E-state index contributed by atoms with van der Waals surface area (Å²) in [5.41, 5.74) is 1.23. The third-order valence-corrected chi connectivity index (χ3v) is 6.39. The number of ether oxygens (including phenoxy) is 2. The van der Waals surface area contributed by atoms with Gasteiger partial charge in [-0.1, -0.05) is 18.2 Å². The maximum absolute atomic E-state index is 13.0. The molecule has 5 heteroatoms. The average molecular weight is 358 g/mol. The Kier molecular flexibility index (Phi) is 4.93. The van der Waals surface area contributed by atoms with Gasteiger partial charge < -0.3 is 14.4 Å². The number of fused-ring (bicyclic) bond motifs is 2. The molecule has 1 aromatic rings. The molecule has 1 amide bonds. The first-order valence-electron chi connectivity index (χ1n) is 9.88. The monoisotopic (exact) mass is 358 g/mol. The second-order valence-corrected chi connectivity index (χ2v) is 8.11. The van der Waals surface area contributed by atoms with Crippen LogP contribution in [0.15, 0.2) is 24.3 Å². The van der Waals surface area contributed by atoms with Crippen LogP contribution in [0.2, 0.25) is 0 Å². The summed E-state index contributed by atoms with van der Waals surface area (Å²) < 4.78 is 11.3. The summed E-state index contributed by atoms with van der Waals surface area (Å²) in [4.78, 5) is 17.7. The second kappa shape index (κ2) is 7.20. The third kappa shape index (κ3) is 3.01. The van der Waals surface area contributed by atoms with E-state index in [-0.39, 0.29) is 18.6 Å². The highest BCUT2D eigenvalue weighted by atomic mass is 16.5. The summed E-state index contributed by atoms with van der Waals surface area (Å²) in [6.07, 6.45) is 2.48. The number of nitrogens with zero attached hydrogens (tertiary/aromatic N) is 2. The fourth-order valence-corrected chi connectivity index (χ4v) is 5.27. The Balaban J connectivity index is 1.65. The number of carbonyl (C=O) groups is 1. The van der Waals surface area contributed by atoms with E-state index in [1.807, 2.05) is 26.0 Å². The molecule has 0 aliphatic carbocycles. The molecule has 0 aromatic heterocycles. The van der Waals surface area contributed by atoms with Crippen LogP contribution in [0.5, 0.6) is 5.75 Å². The van der Waals surface area contributed by atoms with Crippen molar-refractivity contribution in [2.45, 2.75) is 50.8 Å². The maximum atomic E-state index is 13.0. The van der Waals surface area contributed by atoms with E-state index < -0.39 is 0 Å². The Morgan fingerprint density at radius 3 is 2.62 bits per heavy atom. The van der Waals surface area contributed by atoms with Crippen molar-refractivity contribution in [1.29, 1.82) is 0 Å². The zero-order chi connectivity index (χ0) is 18.3. The minimum absolute atomic E-state index is 0.0777. The maximum Gasteiger partial charge on any atom is 0.248 e. The van der Waals surface area contributed by atoms with Gasteiger partial charge >= 0.3 is 0 Å². The van der Waals surface area contributed by atoms with Crippen molar-refractivity contribution in [2.75, 3.05) is 33.4 Å². The lowest BCUT2D eigenvalue weighted by molar-refractivity contribution is -0.142. The molecule has 0 unspecified atom stereocenters. The molecule has 4 saturated heterocycles. The predicted octanol–water partition coefficient (Wildman–Crippen LogP) is 2.51. The summed E-state index contributed by atoms with van der Waals surface area (Å²) in [5.74, 6) is 2.00. The predicted molar refractivity (Wildman–Crippen MR) is 100 cm³/mol. The third-order valence-electron chi connectivity index (χ3n) is 6.39. The van der Waals surface area contributed by atoms with Gasteiger partial charge in [-0.25, -0.2) is 0 Å². The Bertz CT molecular complexity index is 654. The van der Waals surface area contributed by atoms with Gasteiger partial charge in [0.2, 0.25) is 5.91 Å². The Morgan fingerprint density at radius 1 is 1.19 bits per heavy atom. The van der Waals surface area contributed by atoms with Crippen molar-refractivity contribution >= 4 is 5.91 Å². The fraction of sp³-hybridized carbons (Fsp3) is 0.667. The largest absolute Gasteiger partial charge is 0.496 e. The van der Waals surface area contributed by atoms with Crippen molar-refractivity contribution in [3.05, 3.63) is 29.8 Å². The molecular weight excluding hydrogens is 328 g/mol. The fourth-order valence-electron chi connectivity index (χ4n) is 5.27.